The minimum atomic E-state index is 0.323. The average molecular weight is 241 g/mol. The van der Waals surface area contributed by atoms with Crippen LogP contribution in [0.25, 0.3) is 0 Å². The van der Waals surface area contributed by atoms with E-state index < -0.39 is 0 Å². The van der Waals surface area contributed by atoms with Gasteiger partial charge in [-0.05, 0) is 45.3 Å². The van der Waals surface area contributed by atoms with Crippen LogP contribution in [0.1, 0.15) is 32.6 Å². The van der Waals surface area contributed by atoms with Gasteiger partial charge in [0.15, 0.2) is 0 Å². The van der Waals surface area contributed by atoms with Gasteiger partial charge in [0.05, 0.1) is 0 Å². The van der Waals surface area contributed by atoms with Crippen molar-refractivity contribution in [1.29, 1.82) is 0 Å². The van der Waals surface area contributed by atoms with Crippen LogP contribution >= 0.6 is 0 Å². The summed E-state index contributed by atoms with van der Waals surface area (Å²) in [5.74, 6) is 0.891. The van der Waals surface area contributed by atoms with Crippen LogP contribution in [-0.4, -0.2) is 55.5 Å². The molecule has 1 atom stereocenters. The van der Waals surface area contributed by atoms with Crippen LogP contribution in [0.5, 0.6) is 0 Å². The summed E-state index contributed by atoms with van der Waals surface area (Å²) in [6.07, 6.45) is 3.78. The third kappa shape index (κ3) is 5.50. The summed E-state index contributed by atoms with van der Waals surface area (Å²) in [6, 6.07) is 0. The number of rotatable bonds is 5. The van der Waals surface area contributed by atoms with Gasteiger partial charge in [0.25, 0.3) is 0 Å². The van der Waals surface area contributed by atoms with E-state index in [4.69, 9.17) is 5.73 Å². The zero-order valence-electron chi connectivity index (χ0n) is 11.3. The van der Waals surface area contributed by atoms with Crippen LogP contribution in [0.2, 0.25) is 0 Å². The fraction of sp³-hybridized carbons (Fsp3) is 0.923. The van der Waals surface area contributed by atoms with Gasteiger partial charge in [-0.15, -0.1) is 0 Å². The standard InChI is InChI=1S/C13H27N3O/c1-12(6-7-14)4-5-13(17)16-9-3-8-15(2)10-11-16/h12H,3-11,14H2,1-2H3. The van der Waals surface area contributed by atoms with Crippen LogP contribution in [0.4, 0.5) is 0 Å². The molecule has 1 aliphatic rings. The van der Waals surface area contributed by atoms with E-state index in [0.29, 0.717) is 18.2 Å². The van der Waals surface area contributed by atoms with Crippen LogP contribution in [0, 0.1) is 5.92 Å². The van der Waals surface area contributed by atoms with Gasteiger partial charge in [-0.2, -0.15) is 0 Å². The number of carbonyl (C=O) groups excluding carboxylic acids is 1. The number of hydrogen-bond donors (Lipinski definition) is 1. The largest absolute Gasteiger partial charge is 0.341 e. The number of hydrogen-bond acceptors (Lipinski definition) is 3. The summed E-state index contributed by atoms with van der Waals surface area (Å²) >= 11 is 0. The Kier molecular flexibility index (Phi) is 6.52. The molecule has 2 N–H and O–H groups in total. The molecule has 1 unspecified atom stereocenters. The van der Waals surface area contributed by atoms with Gasteiger partial charge in [0.2, 0.25) is 5.91 Å². The molecule has 0 radical (unpaired) electrons. The normalized spacial score (nSPS) is 20.1. The van der Waals surface area contributed by atoms with E-state index in [1.54, 1.807) is 0 Å². The lowest BCUT2D eigenvalue weighted by molar-refractivity contribution is -0.131. The second-order valence-electron chi connectivity index (χ2n) is 5.26. The molecule has 100 valence electrons. The average Bonchev–Trinajstić information content (AvgIpc) is 2.51. The minimum absolute atomic E-state index is 0.323. The van der Waals surface area contributed by atoms with E-state index in [1.807, 2.05) is 4.90 Å². The SMILES string of the molecule is CC(CCN)CCC(=O)N1CCCN(C)CC1. The number of carbonyl (C=O) groups is 1. The summed E-state index contributed by atoms with van der Waals surface area (Å²) in [6.45, 7) is 6.83. The van der Waals surface area contributed by atoms with E-state index in [1.165, 1.54) is 0 Å². The maximum atomic E-state index is 12.0. The molecule has 0 aromatic heterocycles. The molecule has 0 spiro atoms. The number of amides is 1. The minimum Gasteiger partial charge on any atom is -0.341 e. The van der Waals surface area contributed by atoms with Crippen LogP contribution in [0.15, 0.2) is 0 Å². The Morgan fingerprint density at radius 1 is 1.24 bits per heavy atom. The smallest absolute Gasteiger partial charge is 0.222 e. The summed E-state index contributed by atoms with van der Waals surface area (Å²) in [4.78, 5) is 16.4. The fourth-order valence-corrected chi connectivity index (χ4v) is 2.25. The van der Waals surface area contributed by atoms with Crippen molar-refractivity contribution in [1.82, 2.24) is 9.80 Å². The second-order valence-corrected chi connectivity index (χ2v) is 5.26. The molecule has 4 nitrogen and oxygen atoms in total. The maximum absolute atomic E-state index is 12.0. The van der Waals surface area contributed by atoms with E-state index in [2.05, 4.69) is 18.9 Å². The Morgan fingerprint density at radius 3 is 2.71 bits per heavy atom. The van der Waals surface area contributed by atoms with Crippen LogP contribution < -0.4 is 5.73 Å². The van der Waals surface area contributed by atoms with E-state index in [0.717, 1.165) is 52.0 Å². The van der Waals surface area contributed by atoms with Crippen molar-refractivity contribution >= 4 is 5.91 Å². The molecule has 1 rings (SSSR count). The Morgan fingerprint density at radius 2 is 2.00 bits per heavy atom. The molecule has 1 heterocycles. The maximum Gasteiger partial charge on any atom is 0.222 e. The zero-order valence-corrected chi connectivity index (χ0v) is 11.3. The molecule has 0 aromatic carbocycles. The van der Waals surface area contributed by atoms with Crippen LogP contribution in [-0.2, 0) is 4.79 Å². The van der Waals surface area contributed by atoms with Crippen LogP contribution in [0.3, 0.4) is 0 Å². The second kappa shape index (κ2) is 7.67. The summed E-state index contributed by atoms with van der Waals surface area (Å²) in [5, 5.41) is 0. The fourth-order valence-electron chi connectivity index (χ4n) is 2.25. The Hall–Kier alpha value is -0.610. The van der Waals surface area contributed by atoms with Crippen molar-refractivity contribution in [2.24, 2.45) is 11.7 Å². The van der Waals surface area contributed by atoms with Gasteiger partial charge in [-0.3, -0.25) is 4.79 Å². The van der Waals surface area contributed by atoms with Crippen molar-refractivity contribution in [3.8, 4) is 0 Å². The Labute approximate surface area is 105 Å². The summed E-state index contributed by atoms with van der Waals surface area (Å²) in [7, 11) is 2.12. The monoisotopic (exact) mass is 241 g/mol. The van der Waals surface area contributed by atoms with Crippen molar-refractivity contribution in [2.75, 3.05) is 39.8 Å². The highest BCUT2D eigenvalue weighted by atomic mass is 16.2. The van der Waals surface area contributed by atoms with E-state index in [9.17, 15) is 4.79 Å². The van der Waals surface area contributed by atoms with Crippen molar-refractivity contribution < 1.29 is 4.79 Å². The van der Waals surface area contributed by atoms with Crippen molar-refractivity contribution in [2.45, 2.75) is 32.6 Å². The molecule has 1 saturated heterocycles. The molecule has 0 saturated carbocycles. The molecule has 0 aliphatic carbocycles. The van der Waals surface area contributed by atoms with E-state index >= 15 is 0 Å². The first-order chi connectivity index (χ1) is 8.13. The highest BCUT2D eigenvalue weighted by Crippen LogP contribution is 2.11. The predicted octanol–water partition coefficient (Wildman–Crippen LogP) is 0.916. The van der Waals surface area contributed by atoms with E-state index in [-0.39, 0.29) is 0 Å². The highest BCUT2D eigenvalue weighted by Gasteiger charge is 2.17. The molecule has 17 heavy (non-hydrogen) atoms. The topological polar surface area (TPSA) is 49.6 Å². The summed E-state index contributed by atoms with van der Waals surface area (Å²) < 4.78 is 0. The summed E-state index contributed by atoms with van der Waals surface area (Å²) in [5.41, 5.74) is 5.51. The lowest BCUT2D eigenvalue weighted by Gasteiger charge is -2.21. The molecule has 1 aliphatic heterocycles. The van der Waals surface area contributed by atoms with Gasteiger partial charge in [0, 0.05) is 26.1 Å². The molecule has 0 bridgehead atoms. The van der Waals surface area contributed by atoms with Gasteiger partial charge >= 0.3 is 0 Å². The third-order valence-electron chi connectivity index (χ3n) is 3.58. The Balaban J connectivity index is 2.26. The molecule has 0 aromatic rings. The van der Waals surface area contributed by atoms with Gasteiger partial charge < -0.3 is 15.5 Å². The molecule has 1 amide bonds. The first-order valence-electron chi connectivity index (χ1n) is 6.80. The van der Waals surface area contributed by atoms with Crippen molar-refractivity contribution in [3.05, 3.63) is 0 Å². The molecule has 4 heteroatoms. The molecular weight excluding hydrogens is 214 g/mol. The first kappa shape index (κ1) is 14.5. The van der Waals surface area contributed by atoms with Gasteiger partial charge in [0.1, 0.15) is 0 Å². The van der Waals surface area contributed by atoms with Gasteiger partial charge in [-0.1, -0.05) is 6.92 Å². The quantitative estimate of drug-likeness (QED) is 0.778. The lowest BCUT2D eigenvalue weighted by Crippen LogP contribution is -2.34. The van der Waals surface area contributed by atoms with Crippen molar-refractivity contribution in [3.63, 3.8) is 0 Å². The Bertz CT molecular complexity index is 233. The highest BCUT2D eigenvalue weighted by molar-refractivity contribution is 5.76. The lowest BCUT2D eigenvalue weighted by atomic mass is 10.0. The molecule has 1 fully saturated rings. The predicted molar refractivity (Wildman–Crippen MR) is 70.8 cm³/mol. The third-order valence-corrected chi connectivity index (χ3v) is 3.58. The number of nitrogens with two attached hydrogens (primary N) is 1. The zero-order chi connectivity index (χ0) is 12.7. The first-order valence-corrected chi connectivity index (χ1v) is 6.80. The number of likely N-dealkylation sites (N-methyl/N-ethyl adjacent to an activating group) is 1. The number of nitrogens with zero attached hydrogens (tertiary/aromatic N) is 2. The van der Waals surface area contributed by atoms with Gasteiger partial charge in [-0.25, -0.2) is 0 Å². The molecular formula is C13H27N3O.